The molecule has 1 aliphatic rings. The Hall–Kier alpha value is -1.84. The van der Waals surface area contributed by atoms with E-state index in [4.69, 9.17) is 4.42 Å². The lowest BCUT2D eigenvalue weighted by Crippen LogP contribution is -2.25. The summed E-state index contributed by atoms with van der Waals surface area (Å²) in [6.45, 7) is 4.99. The summed E-state index contributed by atoms with van der Waals surface area (Å²) < 4.78 is 5.88. The summed E-state index contributed by atoms with van der Waals surface area (Å²) in [4.78, 5) is 17.5. The second-order valence-electron chi connectivity index (χ2n) is 5.85. The predicted molar refractivity (Wildman–Crippen MR) is 82.2 cm³/mol. The number of carbonyl (C=O) groups excluding carboxylic acids is 1. The number of aryl methyl sites for hydroxylation is 3. The molecule has 2 aromatic rings. The summed E-state index contributed by atoms with van der Waals surface area (Å²) in [6.07, 6.45) is 6.03. The number of aromatic nitrogens is 1. The van der Waals surface area contributed by atoms with Crippen LogP contribution in [0.3, 0.4) is 0 Å². The minimum atomic E-state index is 0.497. The van der Waals surface area contributed by atoms with Crippen LogP contribution in [0, 0.1) is 6.92 Å². The van der Waals surface area contributed by atoms with Crippen LogP contribution >= 0.6 is 0 Å². The van der Waals surface area contributed by atoms with Gasteiger partial charge in [0.05, 0.1) is 0 Å². The molecular weight excluding hydrogens is 264 g/mol. The highest BCUT2D eigenvalue weighted by Gasteiger charge is 2.27. The first-order valence-electron chi connectivity index (χ1n) is 7.82. The van der Waals surface area contributed by atoms with Gasteiger partial charge in [0.2, 0.25) is 6.41 Å². The Morgan fingerprint density at radius 1 is 1.43 bits per heavy atom. The number of hydrogen-bond acceptors (Lipinski definition) is 3. The lowest BCUT2D eigenvalue weighted by atomic mass is 10.0. The molecule has 21 heavy (non-hydrogen) atoms. The molecule has 1 fully saturated rings. The molecule has 0 radical (unpaired) electrons. The highest BCUT2D eigenvalue weighted by Crippen LogP contribution is 2.27. The maximum atomic E-state index is 11.0. The van der Waals surface area contributed by atoms with E-state index < -0.39 is 0 Å². The van der Waals surface area contributed by atoms with Gasteiger partial charge >= 0.3 is 0 Å². The van der Waals surface area contributed by atoms with Crippen LogP contribution in [0.15, 0.2) is 16.5 Å². The molecule has 1 aliphatic carbocycles. The number of carbonyl (C=O) groups is 1. The minimum Gasteiger partial charge on any atom is -0.440 e. The zero-order valence-electron chi connectivity index (χ0n) is 12.8. The molecule has 112 valence electrons. The first-order valence-corrected chi connectivity index (χ1v) is 7.82. The summed E-state index contributed by atoms with van der Waals surface area (Å²) in [5, 5.41) is 0. The molecule has 1 aromatic heterocycles. The molecule has 0 bridgehead atoms. The van der Waals surface area contributed by atoms with Crippen LogP contribution in [0.4, 0.5) is 0 Å². The summed E-state index contributed by atoms with van der Waals surface area (Å²) in [5.74, 6) is 0.796. The predicted octanol–water partition coefficient (Wildman–Crippen LogP) is 3.25. The van der Waals surface area contributed by atoms with E-state index in [0.29, 0.717) is 6.04 Å². The van der Waals surface area contributed by atoms with Crippen molar-refractivity contribution in [2.24, 2.45) is 0 Å². The number of nitrogens with zero attached hydrogens (tertiary/aromatic N) is 2. The molecule has 0 unspecified atom stereocenters. The molecule has 1 amide bonds. The molecule has 0 spiro atoms. The number of hydrogen-bond donors (Lipinski definition) is 0. The Morgan fingerprint density at radius 2 is 2.24 bits per heavy atom. The highest BCUT2D eigenvalue weighted by atomic mass is 16.3. The monoisotopic (exact) mass is 286 g/mol. The van der Waals surface area contributed by atoms with Gasteiger partial charge in [0, 0.05) is 24.6 Å². The molecule has 1 aromatic carbocycles. The molecule has 4 nitrogen and oxygen atoms in total. The number of fused-ring (bicyclic) bond motifs is 1. The molecule has 0 saturated heterocycles. The number of amides is 1. The van der Waals surface area contributed by atoms with Gasteiger partial charge in [0.1, 0.15) is 5.52 Å². The lowest BCUT2D eigenvalue weighted by molar-refractivity contribution is -0.118. The molecule has 1 saturated carbocycles. The third-order valence-corrected chi connectivity index (χ3v) is 4.24. The van der Waals surface area contributed by atoms with Crippen LogP contribution in [0.5, 0.6) is 0 Å². The number of benzene rings is 1. The quantitative estimate of drug-likeness (QED) is 0.734. The average Bonchev–Trinajstić information content (AvgIpc) is 3.24. The van der Waals surface area contributed by atoms with Gasteiger partial charge in [-0.3, -0.25) is 4.79 Å². The Labute approximate surface area is 125 Å². The van der Waals surface area contributed by atoms with Gasteiger partial charge in [-0.05, 0) is 44.2 Å². The van der Waals surface area contributed by atoms with Crippen LogP contribution < -0.4 is 0 Å². The van der Waals surface area contributed by atoms with E-state index >= 15 is 0 Å². The van der Waals surface area contributed by atoms with Gasteiger partial charge in [-0.25, -0.2) is 4.98 Å². The van der Waals surface area contributed by atoms with E-state index in [0.717, 1.165) is 62.0 Å². The van der Waals surface area contributed by atoms with Crippen molar-refractivity contribution in [1.29, 1.82) is 0 Å². The Morgan fingerprint density at radius 3 is 2.90 bits per heavy atom. The molecular formula is C17H22N2O2. The maximum absolute atomic E-state index is 11.0. The van der Waals surface area contributed by atoms with Crippen LogP contribution in [-0.2, 0) is 17.6 Å². The normalized spacial score (nSPS) is 14.6. The SMILES string of the molecule is CCc1nc2ccc(C)c(CCCN(C=O)C3CC3)c2o1. The van der Waals surface area contributed by atoms with Crippen molar-refractivity contribution in [2.75, 3.05) is 6.54 Å². The van der Waals surface area contributed by atoms with Gasteiger partial charge in [0.25, 0.3) is 0 Å². The standard InChI is InChI=1S/C17H22N2O2/c1-3-16-18-15-9-6-12(2)14(17(15)21-16)5-4-10-19(11-20)13-7-8-13/h6,9,11,13H,3-5,7-8,10H2,1-2H3. The Kier molecular flexibility index (Phi) is 3.95. The minimum absolute atomic E-state index is 0.497. The lowest BCUT2D eigenvalue weighted by Gasteiger charge is -2.16. The van der Waals surface area contributed by atoms with Gasteiger partial charge in [0.15, 0.2) is 11.5 Å². The highest BCUT2D eigenvalue weighted by molar-refractivity contribution is 5.77. The summed E-state index contributed by atoms with van der Waals surface area (Å²) in [6, 6.07) is 4.63. The third kappa shape index (κ3) is 2.94. The van der Waals surface area contributed by atoms with Crippen molar-refractivity contribution >= 4 is 17.5 Å². The molecule has 0 atom stereocenters. The fourth-order valence-corrected chi connectivity index (χ4v) is 2.82. The molecule has 3 rings (SSSR count). The van der Waals surface area contributed by atoms with Gasteiger partial charge in [-0.15, -0.1) is 0 Å². The zero-order chi connectivity index (χ0) is 14.8. The smallest absolute Gasteiger partial charge is 0.209 e. The first kappa shape index (κ1) is 14.1. The van der Waals surface area contributed by atoms with Crippen molar-refractivity contribution in [3.8, 4) is 0 Å². The average molecular weight is 286 g/mol. The van der Waals surface area contributed by atoms with E-state index in [-0.39, 0.29) is 0 Å². The van der Waals surface area contributed by atoms with Crippen molar-refractivity contribution in [2.45, 2.75) is 52.0 Å². The van der Waals surface area contributed by atoms with E-state index in [1.165, 1.54) is 11.1 Å². The van der Waals surface area contributed by atoms with Crippen LogP contribution in [0.25, 0.3) is 11.1 Å². The van der Waals surface area contributed by atoms with Crippen LogP contribution in [0.2, 0.25) is 0 Å². The van der Waals surface area contributed by atoms with E-state index in [1.54, 1.807) is 0 Å². The van der Waals surface area contributed by atoms with E-state index in [2.05, 4.69) is 24.9 Å². The summed E-state index contributed by atoms with van der Waals surface area (Å²) in [5.41, 5.74) is 4.35. The van der Waals surface area contributed by atoms with Crippen molar-refractivity contribution in [3.05, 3.63) is 29.2 Å². The number of oxazole rings is 1. The van der Waals surface area contributed by atoms with Gasteiger partial charge in [-0.1, -0.05) is 13.0 Å². The van der Waals surface area contributed by atoms with Crippen molar-refractivity contribution < 1.29 is 9.21 Å². The largest absolute Gasteiger partial charge is 0.440 e. The van der Waals surface area contributed by atoms with Crippen molar-refractivity contribution in [1.82, 2.24) is 9.88 Å². The van der Waals surface area contributed by atoms with Gasteiger partial charge in [-0.2, -0.15) is 0 Å². The Bertz CT molecular complexity index is 644. The number of rotatable bonds is 7. The topological polar surface area (TPSA) is 46.3 Å². The molecule has 0 N–H and O–H groups in total. The summed E-state index contributed by atoms with van der Waals surface area (Å²) in [7, 11) is 0. The maximum Gasteiger partial charge on any atom is 0.209 e. The Balaban J connectivity index is 1.74. The van der Waals surface area contributed by atoms with Crippen LogP contribution in [0.1, 0.15) is 43.2 Å². The molecule has 4 heteroatoms. The first-order chi connectivity index (χ1) is 10.2. The fourth-order valence-electron chi connectivity index (χ4n) is 2.82. The van der Waals surface area contributed by atoms with E-state index in [9.17, 15) is 4.79 Å². The molecule has 1 heterocycles. The molecule has 0 aliphatic heterocycles. The van der Waals surface area contributed by atoms with Crippen molar-refractivity contribution in [3.63, 3.8) is 0 Å². The second kappa shape index (κ2) is 5.88. The van der Waals surface area contributed by atoms with Crippen LogP contribution in [-0.4, -0.2) is 28.9 Å². The third-order valence-electron chi connectivity index (χ3n) is 4.24. The van der Waals surface area contributed by atoms with Gasteiger partial charge < -0.3 is 9.32 Å². The second-order valence-corrected chi connectivity index (χ2v) is 5.85. The fraction of sp³-hybridized carbons (Fsp3) is 0.529. The van der Waals surface area contributed by atoms with E-state index in [1.807, 2.05) is 11.0 Å². The summed E-state index contributed by atoms with van der Waals surface area (Å²) >= 11 is 0. The zero-order valence-corrected chi connectivity index (χ0v) is 12.8.